The van der Waals surface area contributed by atoms with E-state index in [-0.39, 0.29) is 0 Å². The Labute approximate surface area is 181 Å². The molecule has 5 heterocycles. The first-order valence-electron chi connectivity index (χ1n) is 9.75. The molecule has 0 aliphatic carbocycles. The monoisotopic (exact) mass is 423 g/mol. The summed E-state index contributed by atoms with van der Waals surface area (Å²) in [7, 11) is 0. The van der Waals surface area contributed by atoms with E-state index in [0.717, 1.165) is 16.9 Å². The molecule has 0 aliphatic rings. The summed E-state index contributed by atoms with van der Waals surface area (Å²) in [6.07, 6.45) is 3.80. The second-order valence-corrected chi connectivity index (χ2v) is 9.21. The molecule has 0 N–H and O–H groups in total. The number of hydrogen-bond acceptors (Lipinski definition) is 4. The van der Waals surface area contributed by atoms with E-state index >= 15 is 0 Å². The van der Waals surface area contributed by atoms with E-state index in [1.165, 1.54) is 36.6 Å². The number of aryl methyl sites for hydroxylation is 1. The van der Waals surface area contributed by atoms with Gasteiger partial charge in [0, 0.05) is 26.7 Å². The maximum atomic E-state index is 4.76. The highest BCUT2D eigenvalue weighted by atomic mass is 32.1. The predicted molar refractivity (Wildman–Crippen MR) is 128 cm³/mol. The van der Waals surface area contributed by atoms with Gasteiger partial charge in [-0.3, -0.25) is 14.5 Å². The molecule has 6 aromatic rings. The summed E-state index contributed by atoms with van der Waals surface area (Å²) in [5.41, 5.74) is 5.42. The molecule has 0 saturated carbocycles. The van der Waals surface area contributed by atoms with Crippen LogP contribution in [-0.2, 0) is 0 Å². The van der Waals surface area contributed by atoms with E-state index in [2.05, 4.69) is 70.4 Å². The summed E-state index contributed by atoms with van der Waals surface area (Å²) < 4.78 is 2.34. The van der Waals surface area contributed by atoms with Gasteiger partial charge < -0.3 is 0 Å². The molecular formula is C25H17N3S2. The third-order valence-corrected chi connectivity index (χ3v) is 7.63. The summed E-state index contributed by atoms with van der Waals surface area (Å²) in [5, 5.41) is 5.78. The maximum Gasteiger partial charge on any atom is 0.101 e. The molecule has 0 atom stereocenters. The molecule has 0 unspecified atom stereocenters. The Balaban J connectivity index is 1.62. The van der Waals surface area contributed by atoms with Gasteiger partial charge in [-0.05, 0) is 54.3 Å². The molecule has 3 nitrogen and oxygen atoms in total. The number of rotatable bonds is 3. The van der Waals surface area contributed by atoms with Crippen molar-refractivity contribution in [3.63, 3.8) is 0 Å². The van der Waals surface area contributed by atoms with Crippen LogP contribution in [0.25, 0.3) is 47.9 Å². The number of benzene rings is 1. The summed E-state index contributed by atoms with van der Waals surface area (Å²) in [4.78, 5) is 11.9. The molecule has 5 aromatic heterocycles. The molecule has 0 radical (unpaired) electrons. The first-order valence-corrected chi connectivity index (χ1v) is 11.4. The lowest BCUT2D eigenvalue weighted by Crippen LogP contribution is -1.92. The normalized spacial score (nSPS) is 11.5. The number of para-hydroxylation sites is 1. The minimum Gasteiger partial charge on any atom is -0.299 e. The Morgan fingerprint density at radius 2 is 1.70 bits per heavy atom. The highest BCUT2D eigenvalue weighted by Crippen LogP contribution is 2.40. The van der Waals surface area contributed by atoms with Gasteiger partial charge in [-0.25, -0.2) is 0 Å². The van der Waals surface area contributed by atoms with Crippen LogP contribution in [-0.4, -0.2) is 14.5 Å². The Bertz CT molecular complexity index is 1490. The Morgan fingerprint density at radius 3 is 2.53 bits per heavy atom. The lowest BCUT2D eigenvalue weighted by molar-refractivity contribution is 1.19. The van der Waals surface area contributed by atoms with Crippen LogP contribution < -0.4 is 0 Å². The minimum absolute atomic E-state index is 0.892. The van der Waals surface area contributed by atoms with E-state index in [1.54, 1.807) is 11.3 Å². The lowest BCUT2D eigenvalue weighted by Gasteiger charge is -2.04. The SMILES string of the molecule is Cc1cc(-n2c3ccccc3c3cc(-c4ccccn4)ncc32)sc1-c1cccs1. The van der Waals surface area contributed by atoms with Crippen LogP contribution in [0.2, 0.25) is 0 Å². The zero-order valence-corrected chi connectivity index (χ0v) is 17.9. The fraction of sp³-hybridized carbons (Fsp3) is 0.0400. The fourth-order valence-electron chi connectivity index (χ4n) is 3.99. The molecule has 1 aromatic carbocycles. The summed E-state index contributed by atoms with van der Waals surface area (Å²) in [6, 6.07) is 23.3. The van der Waals surface area contributed by atoms with Crippen molar-refractivity contribution in [1.82, 2.24) is 14.5 Å². The van der Waals surface area contributed by atoms with E-state index in [9.17, 15) is 0 Å². The van der Waals surface area contributed by atoms with Gasteiger partial charge in [0.2, 0.25) is 0 Å². The molecule has 6 rings (SSSR count). The van der Waals surface area contributed by atoms with E-state index < -0.39 is 0 Å². The highest BCUT2D eigenvalue weighted by molar-refractivity contribution is 7.22. The van der Waals surface area contributed by atoms with Gasteiger partial charge in [-0.1, -0.05) is 30.3 Å². The lowest BCUT2D eigenvalue weighted by atomic mass is 10.1. The maximum absolute atomic E-state index is 4.76. The van der Waals surface area contributed by atoms with Gasteiger partial charge >= 0.3 is 0 Å². The molecule has 144 valence electrons. The van der Waals surface area contributed by atoms with E-state index in [1.807, 2.05) is 41.9 Å². The zero-order chi connectivity index (χ0) is 20.1. The topological polar surface area (TPSA) is 30.7 Å². The zero-order valence-electron chi connectivity index (χ0n) is 16.2. The first kappa shape index (κ1) is 17.6. The number of thiophene rings is 2. The number of aromatic nitrogens is 3. The molecule has 0 bridgehead atoms. The van der Waals surface area contributed by atoms with Gasteiger partial charge in [-0.2, -0.15) is 0 Å². The number of fused-ring (bicyclic) bond motifs is 3. The molecule has 0 spiro atoms. The molecule has 0 saturated heterocycles. The summed E-state index contributed by atoms with van der Waals surface area (Å²) >= 11 is 3.63. The van der Waals surface area contributed by atoms with Crippen molar-refractivity contribution in [1.29, 1.82) is 0 Å². The van der Waals surface area contributed by atoms with Crippen LogP contribution in [0.5, 0.6) is 0 Å². The minimum atomic E-state index is 0.892. The average molecular weight is 424 g/mol. The van der Waals surface area contributed by atoms with E-state index in [4.69, 9.17) is 4.98 Å². The molecule has 0 fully saturated rings. The third-order valence-electron chi connectivity index (χ3n) is 5.36. The van der Waals surface area contributed by atoms with Crippen molar-refractivity contribution in [3.8, 4) is 26.1 Å². The van der Waals surface area contributed by atoms with Crippen molar-refractivity contribution < 1.29 is 0 Å². The van der Waals surface area contributed by atoms with Crippen molar-refractivity contribution in [2.24, 2.45) is 0 Å². The van der Waals surface area contributed by atoms with E-state index in [0.29, 0.717) is 0 Å². The Hall–Kier alpha value is -3.28. The van der Waals surface area contributed by atoms with Crippen LogP contribution >= 0.6 is 22.7 Å². The summed E-state index contributed by atoms with van der Waals surface area (Å²) in [6.45, 7) is 2.19. The Morgan fingerprint density at radius 1 is 0.800 bits per heavy atom. The van der Waals surface area contributed by atoms with Crippen molar-refractivity contribution in [3.05, 3.63) is 90.1 Å². The average Bonchev–Trinajstić information content (AvgIpc) is 3.51. The molecule has 30 heavy (non-hydrogen) atoms. The van der Waals surface area contributed by atoms with Gasteiger partial charge in [0.25, 0.3) is 0 Å². The van der Waals surface area contributed by atoms with Gasteiger partial charge in [0.15, 0.2) is 0 Å². The first-order chi connectivity index (χ1) is 14.8. The van der Waals surface area contributed by atoms with Crippen LogP contribution in [0.3, 0.4) is 0 Å². The second kappa shape index (κ2) is 6.90. The molecule has 0 aliphatic heterocycles. The predicted octanol–water partition coefficient (Wildman–Crippen LogP) is 7.34. The number of nitrogens with zero attached hydrogens (tertiary/aromatic N) is 3. The molecule has 0 amide bonds. The smallest absolute Gasteiger partial charge is 0.101 e. The van der Waals surface area contributed by atoms with Crippen molar-refractivity contribution in [2.75, 3.05) is 0 Å². The number of pyridine rings is 2. The quantitative estimate of drug-likeness (QED) is 0.298. The molecule has 5 heteroatoms. The second-order valence-electron chi connectivity index (χ2n) is 7.23. The third kappa shape index (κ3) is 2.70. The number of hydrogen-bond donors (Lipinski definition) is 0. The van der Waals surface area contributed by atoms with Crippen LogP contribution in [0, 0.1) is 6.92 Å². The van der Waals surface area contributed by atoms with Crippen LogP contribution in [0.4, 0.5) is 0 Å². The van der Waals surface area contributed by atoms with Crippen molar-refractivity contribution >= 4 is 44.5 Å². The van der Waals surface area contributed by atoms with Crippen LogP contribution in [0.1, 0.15) is 5.56 Å². The van der Waals surface area contributed by atoms with Gasteiger partial charge in [-0.15, -0.1) is 22.7 Å². The van der Waals surface area contributed by atoms with Crippen molar-refractivity contribution in [2.45, 2.75) is 6.92 Å². The van der Waals surface area contributed by atoms with Gasteiger partial charge in [0.05, 0.1) is 28.6 Å². The standard InChI is InChI=1S/C25H17N3S2/c1-16-13-24(30-25(16)23-10-6-12-29-23)28-21-9-3-2-7-17(21)18-14-20(27-15-22(18)28)19-8-4-5-11-26-19/h2-15H,1H3. The highest BCUT2D eigenvalue weighted by Gasteiger charge is 2.17. The Kier molecular flexibility index (Phi) is 4.04. The fourth-order valence-corrected chi connectivity index (χ4v) is 6.11. The van der Waals surface area contributed by atoms with Gasteiger partial charge in [0.1, 0.15) is 5.00 Å². The van der Waals surface area contributed by atoms with Crippen LogP contribution in [0.15, 0.2) is 84.5 Å². The summed E-state index contributed by atoms with van der Waals surface area (Å²) in [5.74, 6) is 0. The molecular weight excluding hydrogens is 406 g/mol. The largest absolute Gasteiger partial charge is 0.299 e.